The normalized spacial score (nSPS) is 15.1. The van der Waals surface area contributed by atoms with Gasteiger partial charge in [0.25, 0.3) is 5.56 Å². The first-order chi connectivity index (χ1) is 14.4. The number of hydrogen-bond donors (Lipinski definition) is 3. The zero-order chi connectivity index (χ0) is 21.8. The lowest BCUT2D eigenvalue weighted by atomic mass is 9.82. The van der Waals surface area contributed by atoms with E-state index in [0.29, 0.717) is 29.4 Å². The summed E-state index contributed by atoms with van der Waals surface area (Å²) in [7, 11) is 1.50. The minimum absolute atomic E-state index is 0.0176. The maximum atomic E-state index is 12.9. The summed E-state index contributed by atoms with van der Waals surface area (Å²) in [5.74, 6) is -0.200. The lowest BCUT2D eigenvalue weighted by Gasteiger charge is -2.29. The van der Waals surface area contributed by atoms with Crippen LogP contribution < -0.4 is 26.0 Å². The molecule has 0 amide bonds. The Morgan fingerprint density at radius 2 is 2.00 bits per heavy atom. The molecule has 3 rings (SSSR count). The summed E-state index contributed by atoms with van der Waals surface area (Å²) in [6.07, 6.45) is 1.46. The second kappa shape index (κ2) is 8.73. The number of benzene rings is 1. The zero-order valence-electron chi connectivity index (χ0n) is 17.0. The third-order valence-corrected chi connectivity index (χ3v) is 4.65. The number of nitrogens with one attached hydrogen (secondary N) is 3. The van der Waals surface area contributed by atoms with Gasteiger partial charge in [-0.3, -0.25) is 14.8 Å². The smallest absolute Gasteiger partial charge is 0.337 e. The molecule has 0 saturated carbocycles. The quantitative estimate of drug-likeness (QED) is 0.469. The SMILES string of the molecule is C=CCOC(=O)C1=C(C)Nc2[nH]c(=O)[nH]c(=O)c2C1c1ccc(OCC)c(OC)c1. The Kier molecular flexibility index (Phi) is 6.10. The Bertz CT molecular complexity index is 1130. The van der Waals surface area contributed by atoms with Gasteiger partial charge in [-0.05, 0) is 31.5 Å². The minimum atomic E-state index is -0.802. The Balaban J connectivity index is 2.24. The van der Waals surface area contributed by atoms with Crippen LogP contribution in [0.5, 0.6) is 11.5 Å². The summed E-state index contributed by atoms with van der Waals surface area (Å²) < 4.78 is 16.2. The number of ether oxygens (including phenoxy) is 3. The van der Waals surface area contributed by atoms with Crippen LogP contribution in [-0.2, 0) is 9.53 Å². The van der Waals surface area contributed by atoms with Crippen LogP contribution in [0.15, 0.2) is 51.7 Å². The van der Waals surface area contributed by atoms with Crippen LogP contribution in [0.3, 0.4) is 0 Å². The van der Waals surface area contributed by atoms with Crippen molar-refractivity contribution >= 4 is 11.8 Å². The van der Waals surface area contributed by atoms with Crippen molar-refractivity contribution in [3.05, 3.63) is 74.1 Å². The number of allylic oxidation sites excluding steroid dienone is 1. The Morgan fingerprint density at radius 1 is 1.23 bits per heavy atom. The van der Waals surface area contributed by atoms with Gasteiger partial charge in [-0.25, -0.2) is 9.59 Å². The van der Waals surface area contributed by atoms with Crippen LogP contribution in [0.25, 0.3) is 0 Å². The fourth-order valence-corrected chi connectivity index (χ4v) is 3.44. The van der Waals surface area contributed by atoms with Gasteiger partial charge in [0.1, 0.15) is 12.4 Å². The highest BCUT2D eigenvalue weighted by molar-refractivity contribution is 5.94. The molecule has 1 unspecified atom stereocenters. The number of methoxy groups -OCH3 is 1. The van der Waals surface area contributed by atoms with Crippen LogP contribution in [0, 0.1) is 0 Å². The molecule has 1 aliphatic heterocycles. The summed E-state index contributed by atoms with van der Waals surface area (Å²) in [6.45, 7) is 7.54. The van der Waals surface area contributed by atoms with E-state index in [-0.39, 0.29) is 23.6 Å². The first-order valence-corrected chi connectivity index (χ1v) is 9.34. The molecular formula is C21H23N3O6. The number of hydrogen-bond acceptors (Lipinski definition) is 7. The number of H-pyrrole nitrogens is 2. The van der Waals surface area contributed by atoms with E-state index in [9.17, 15) is 14.4 Å². The third kappa shape index (κ3) is 3.86. The van der Waals surface area contributed by atoms with Crippen LogP contribution >= 0.6 is 0 Å². The highest BCUT2D eigenvalue weighted by Crippen LogP contribution is 2.41. The molecule has 9 nitrogen and oxygen atoms in total. The molecule has 0 spiro atoms. The van der Waals surface area contributed by atoms with Crippen molar-refractivity contribution in [1.29, 1.82) is 0 Å². The molecule has 1 atom stereocenters. The maximum Gasteiger partial charge on any atom is 0.337 e. The van der Waals surface area contributed by atoms with Gasteiger partial charge in [0, 0.05) is 5.70 Å². The van der Waals surface area contributed by atoms with Crippen molar-refractivity contribution in [2.75, 3.05) is 25.6 Å². The molecule has 0 saturated heterocycles. The number of anilines is 1. The largest absolute Gasteiger partial charge is 0.493 e. The number of carbonyl (C=O) groups excluding carboxylic acids is 1. The lowest BCUT2D eigenvalue weighted by Crippen LogP contribution is -2.35. The van der Waals surface area contributed by atoms with Crippen LogP contribution in [0.4, 0.5) is 5.82 Å². The lowest BCUT2D eigenvalue weighted by molar-refractivity contribution is -0.138. The number of carbonyl (C=O) groups is 1. The van der Waals surface area contributed by atoms with Crippen molar-refractivity contribution in [2.45, 2.75) is 19.8 Å². The number of fused-ring (bicyclic) bond motifs is 1. The predicted molar refractivity (Wildman–Crippen MR) is 111 cm³/mol. The average Bonchev–Trinajstić information content (AvgIpc) is 2.71. The summed E-state index contributed by atoms with van der Waals surface area (Å²) >= 11 is 0. The first-order valence-electron chi connectivity index (χ1n) is 9.34. The van der Waals surface area contributed by atoms with E-state index in [1.807, 2.05) is 6.92 Å². The van der Waals surface area contributed by atoms with Crippen LogP contribution in [-0.4, -0.2) is 36.3 Å². The van der Waals surface area contributed by atoms with E-state index in [1.165, 1.54) is 13.2 Å². The predicted octanol–water partition coefficient (Wildman–Crippen LogP) is 2.03. The molecular weight excluding hydrogens is 390 g/mol. The molecule has 0 radical (unpaired) electrons. The summed E-state index contributed by atoms with van der Waals surface area (Å²) in [4.78, 5) is 42.2. The molecule has 3 N–H and O–H groups in total. The molecule has 1 aromatic carbocycles. The Morgan fingerprint density at radius 3 is 2.67 bits per heavy atom. The summed E-state index contributed by atoms with van der Waals surface area (Å²) in [6, 6.07) is 5.15. The molecule has 9 heteroatoms. The van der Waals surface area contributed by atoms with E-state index >= 15 is 0 Å². The van der Waals surface area contributed by atoms with E-state index in [1.54, 1.807) is 25.1 Å². The molecule has 158 valence electrons. The van der Waals surface area contributed by atoms with Crippen molar-refractivity contribution in [3.63, 3.8) is 0 Å². The van der Waals surface area contributed by atoms with Crippen molar-refractivity contribution in [2.24, 2.45) is 0 Å². The van der Waals surface area contributed by atoms with E-state index in [0.717, 1.165) is 0 Å². The highest BCUT2D eigenvalue weighted by Gasteiger charge is 2.36. The van der Waals surface area contributed by atoms with Crippen molar-refractivity contribution in [3.8, 4) is 11.5 Å². The molecule has 0 aliphatic carbocycles. The summed E-state index contributed by atoms with van der Waals surface area (Å²) in [5.41, 5.74) is 0.224. The van der Waals surface area contributed by atoms with Gasteiger partial charge in [-0.1, -0.05) is 18.7 Å². The van der Waals surface area contributed by atoms with Crippen molar-refractivity contribution in [1.82, 2.24) is 9.97 Å². The second-order valence-corrected chi connectivity index (χ2v) is 6.52. The second-order valence-electron chi connectivity index (χ2n) is 6.52. The standard InChI is InChI=1S/C21H23N3O6/c1-5-9-30-20(26)15-11(3)22-18-17(19(25)24-21(27)23-18)16(15)12-7-8-13(29-6-2)14(10-12)28-4/h5,7-8,10,16H,1,6,9H2,2-4H3,(H3,22,23,24,25,27). The number of aromatic nitrogens is 2. The molecule has 0 bridgehead atoms. The van der Waals surface area contributed by atoms with Gasteiger partial charge in [0.15, 0.2) is 11.5 Å². The van der Waals surface area contributed by atoms with Crippen LogP contribution in [0.2, 0.25) is 0 Å². The van der Waals surface area contributed by atoms with Gasteiger partial charge in [-0.15, -0.1) is 0 Å². The van der Waals surface area contributed by atoms with Gasteiger partial charge in [0.05, 0.1) is 30.8 Å². The molecule has 1 aromatic heterocycles. The fraction of sp³-hybridized carbons (Fsp3) is 0.286. The maximum absolute atomic E-state index is 12.9. The first kappa shape index (κ1) is 21.0. The van der Waals surface area contributed by atoms with E-state index in [2.05, 4.69) is 21.9 Å². The van der Waals surface area contributed by atoms with Gasteiger partial charge >= 0.3 is 11.7 Å². The molecule has 2 aromatic rings. The molecule has 1 aliphatic rings. The topological polar surface area (TPSA) is 123 Å². The van der Waals surface area contributed by atoms with E-state index < -0.39 is 23.1 Å². The average molecular weight is 413 g/mol. The van der Waals surface area contributed by atoms with Gasteiger partial charge < -0.3 is 19.5 Å². The Labute approximate surface area is 172 Å². The highest BCUT2D eigenvalue weighted by atomic mass is 16.5. The molecule has 0 fully saturated rings. The van der Waals surface area contributed by atoms with E-state index in [4.69, 9.17) is 14.2 Å². The van der Waals surface area contributed by atoms with Crippen LogP contribution in [0.1, 0.15) is 30.9 Å². The van der Waals surface area contributed by atoms with Crippen molar-refractivity contribution < 1.29 is 19.0 Å². The fourth-order valence-electron chi connectivity index (χ4n) is 3.44. The number of aromatic amines is 2. The minimum Gasteiger partial charge on any atom is -0.493 e. The zero-order valence-corrected chi connectivity index (χ0v) is 17.0. The van der Waals surface area contributed by atoms with Gasteiger partial charge in [-0.2, -0.15) is 0 Å². The Hall–Kier alpha value is -3.75. The van der Waals surface area contributed by atoms with Gasteiger partial charge in [0.2, 0.25) is 0 Å². The monoisotopic (exact) mass is 413 g/mol. The summed E-state index contributed by atoms with van der Waals surface area (Å²) in [5, 5.41) is 2.93. The number of rotatable bonds is 7. The third-order valence-electron chi connectivity index (χ3n) is 4.65. The molecule has 2 heterocycles. The number of esters is 1. The molecule has 30 heavy (non-hydrogen) atoms.